The van der Waals surface area contributed by atoms with Gasteiger partial charge in [0.2, 0.25) is 15.9 Å². The van der Waals surface area contributed by atoms with Crippen molar-refractivity contribution in [1.82, 2.24) is 9.62 Å². The maximum absolute atomic E-state index is 13.1. The third-order valence-corrected chi connectivity index (χ3v) is 9.11. The van der Waals surface area contributed by atoms with Gasteiger partial charge in [-0.3, -0.25) is 4.79 Å². The summed E-state index contributed by atoms with van der Waals surface area (Å²) in [5.41, 5.74) is 0.00827. The van der Waals surface area contributed by atoms with Crippen LogP contribution in [0, 0.1) is 35.0 Å². The van der Waals surface area contributed by atoms with E-state index in [0.29, 0.717) is 5.92 Å². The Morgan fingerprint density at radius 2 is 1.72 bits per heavy atom. The average molecular weight is 429 g/mol. The van der Waals surface area contributed by atoms with Crippen molar-refractivity contribution in [2.75, 3.05) is 19.3 Å². The highest BCUT2D eigenvalue weighted by atomic mass is 32.2. The molecule has 168 valence electrons. The number of aliphatic hydroxyl groups excluding tert-OH is 1. The molecule has 0 aromatic carbocycles. The monoisotopic (exact) mass is 428 g/mol. The van der Waals surface area contributed by atoms with Gasteiger partial charge in [0.25, 0.3) is 0 Å². The van der Waals surface area contributed by atoms with Gasteiger partial charge in [-0.1, -0.05) is 27.7 Å². The van der Waals surface area contributed by atoms with Crippen molar-refractivity contribution in [3.63, 3.8) is 0 Å². The van der Waals surface area contributed by atoms with Crippen molar-refractivity contribution in [3.05, 3.63) is 0 Å². The van der Waals surface area contributed by atoms with E-state index in [9.17, 15) is 18.3 Å². The first-order chi connectivity index (χ1) is 13.4. The molecule has 7 heteroatoms. The van der Waals surface area contributed by atoms with Gasteiger partial charge in [-0.2, -0.15) is 0 Å². The van der Waals surface area contributed by atoms with Gasteiger partial charge in [0.1, 0.15) is 0 Å². The van der Waals surface area contributed by atoms with E-state index in [1.807, 2.05) is 11.8 Å². The summed E-state index contributed by atoms with van der Waals surface area (Å²) < 4.78 is 26.4. The summed E-state index contributed by atoms with van der Waals surface area (Å²) in [6.07, 6.45) is 6.31. The molecule has 0 spiro atoms. The lowest BCUT2D eigenvalue weighted by molar-refractivity contribution is -0.151. The van der Waals surface area contributed by atoms with Crippen molar-refractivity contribution < 1.29 is 18.3 Å². The quantitative estimate of drug-likeness (QED) is 0.721. The maximum atomic E-state index is 13.1. The normalized spacial score (nSPS) is 40.3. The van der Waals surface area contributed by atoms with Crippen molar-refractivity contribution in [2.24, 2.45) is 35.0 Å². The van der Waals surface area contributed by atoms with Crippen LogP contribution in [-0.2, 0) is 14.8 Å². The van der Waals surface area contributed by atoms with Crippen LogP contribution in [0.25, 0.3) is 0 Å². The first-order valence-electron chi connectivity index (χ1n) is 11.4. The van der Waals surface area contributed by atoms with E-state index in [4.69, 9.17) is 0 Å². The first-order valence-corrected chi connectivity index (χ1v) is 13.3. The lowest BCUT2D eigenvalue weighted by atomic mass is 9.52. The van der Waals surface area contributed by atoms with Crippen LogP contribution >= 0.6 is 0 Å². The van der Waals surface area contributed by atoms with E-state index >= 15 is 0 Å². The highest BCUT2D eigenvalue weighted by molar-refractivity contribution is 7.88. The van der Waals surface area contributed by atoms with Gasteiger partial charge < -0.3 is 10.0 Å². The summed E-state index contributed by atoms with van der Waals surface area (Å²) >= 11 is 0. The molecule has 0 radical (unpaired) electrons. The van der Waals surface area contributed by atoms with Gasteiger partial charge in [-0.05, 0) is 67.6 Å². The molecule has 1 unspecified atom stereocenters. The van der Waals surface area contributed by atoms with Crippen LogP contribution < -0.4 is 4.72 Å². The van der Waals surface area contributed by atoms with Crippen LogP contribution in [0.15, 0.2) is 0 Å². The zero-order valence-corrected chi connectivity index (χ0v) is 19.5. The molecule has 0 aromatic heterocycles. The fourth-order valence-electron chi connectivity index (χ4n) is 6.44. The van der Waals surface area contributed by atoms with Crippen molar-refractivity contribution in [1.29, 1.82) is 0 Å². The molecular weight excluding hydrogens is 388 g/mol. The van der Waals surface area contributed by atoms with E-state index in [2.05, 4.69) is 25.5 Å². The second kappa shape index (κ2) is 8.46. The second-order valence-electron chi connectivity index (χ2n) is 10.6. The van der Waals surface area contributed by atoms with E-state index in [1.165, 1.54) is 6.26 Å². The third-order valence-electron chi connectivity index (χ3n) is 8.38. The van der Waals surface area contributed by atoms with Crippen LogP contribution in [0.4, 0.5) is 0 Å². The molecule has 3 fully saturated rings. The van der Waals surface area contributed by atoms with Crippen LogP contribution in [0.2, 0.25) is 0 Å². The molecule has 1 aliphatic heterocycles. The van der Waals surface area contributed by atoms with Crippen LogP contribution in [0.3, 0.4) is 0 Å². The van der Waals surface area contributed by atoms with Gasteiger partial charge in [0.05, 0.1) is 12.4 Å². The fraction of sp³-hybridized carbons (Fsp3) is 0.955. The van der Waals surface area contributed by atoms with E-state index < -0.39 is 16.1 Å². The Morgan fingerprint density at radius 3 is 2.31 bits per heavy atom. The molecule has 6 nitrogen and oxygen atoms in total. The molecule has 1 saturated heterocycles. The van der Waals surface area contributed by atoms with Gasteiger partial charge in [0.15, 0.2) is 0 Å². The molecular formula is C22H40N2O4S. The number of carbonyl (C=O) groups is 1. The SMILES string of the molecule is CC1CCN(C(=O)[C@@H](C)C2CC[C@@]3(C)CC[C@H](NS(C)(=O)=O)[C@@H](C)[C@@H]3[C@H]2O)CC1. The fourth-order valence-corrected chi connectivity index (χ4v) is 7.32. The number of likely N-dealkylation sites (tertiary alicyclic amines) is 1. The molecule has 2 aliphatic carbocycles. The first kappa shape index (κ1) is 23.0. The minimum atomic E-state index is -3.29. The van der Waals surface area contributed by atoms with E-state index in [-0.39, 0.29) is 41.0 Å². The molecule has 3 rings (SSSR count). The Bertz CT molecular complexity index is 704. The van der Waals surface area contributed by atoms with Crippen molar-refractivity contribution in [2.45, 2.75) is 78.4 Å². The molecule has 3 aliphatic rings. The average Bonchev–Trinajstić information content (AvgIpc) is 2.63. The van der Waals surface area contributed by atoms with Crippen molar-refractivity contribution in [3.8, 4) is 0 Å². The molecule has 1 heterocycles. The van der Waals surface area contributed by atoms with Gasteiger partial charge in [-0.25, -0.2) is 13.1 Å². The number of amides is 1. The van der Waals surface area contributed by atoms with Gasteiger partial charge in [0, 0.05) is 25.0 Å². The number of nitrogens with zero attached hydrogens (tertiary/aromatic N) is 1. The minimum absolute atomic E-state index is 0.00544. The number of hydrogen-bond donors (Lipinski definition) is 2. The second-order valence-corrected chi connectivity index (χ2v) is 12.3. The lowest BCUT2D eigenvalue weighted by Crippen LogP contribution is -2.58. The minimum Gasteiger partial charge on any atom is -0.392 e. The summed E-state index contributed by atoms with van der Waals surface area (Å²) in [5, 5.41) is 11.4. The largest absolute Gasteiger partial charge is 0.392 e. The highest BCUT2D eigenvalue weighted by Crippen LogP contribution is 2.55. The molecule has 0 bridgehead atoms. The number of rotatable bonds is 4. The zero-order chi connectivity index (χ0) is 21.6. The van der Waals surface area contributed by atoms with Crippen LogP contribution in [0.1, 0.15) is 66.2 Å². The van der Waals surface area contributed by atoms with Crippen molar-refractivity contribution >= 4 is 15.9 Å². The maximum Gasteiger partial charge on any atom is 0.225 e. The number of nitrogens with one attached hydrogen (secondary N) is 1. The lowest BCUT2D eigenvalue weighted by Gasteiger charge is -2.56. The number of carbonyl (C=O) groups excluding carboxylic acids is 1. The Hall–Kier alpha value is -0.660. The third kappa shape index (κ3) is 4.82. The predicted molar refractivity (Wildman–Crippen MR) is 115 cm³/mol. The number of piperidine rings is 1. The Kier molecular flexibility index (Phi) is 6.72. The topological polar surface area (TPSA) is 86.7 Å². The zero-order valence-electron chi connectivity index (χ0n) is 18.7. The molecule has 29 heavy (non-hydrogen) atoms. The summed E-state index contributed by atoms with van der Waals surface area (Å²) in [5.74, 6) is 0.652. The summed E-state index contributed by atoms with van der Waals surface area (Å²) in [6, 6.07) is -0.147. The highest BCUT2D eigenvalue weighted by Gasteiger charge is 2.54. The van der Waals surface area contributed by atoms with E-state index in [1.54, 1.807) is 0 Å². The molecule has 7 atom stereocenters. The molecule has 2 N–H and O–H groups in total. The number of sulfonamides is 1. The summed E-state index contributed by atoms with van der Waals surface area (Å²) in [7, 11) is -3.29. The van der Waals surface area contributed by atoms with Crippen LogP contribution in [-0.4, -0.2) is 55.8 Å². The Labute approximate surface area is 176 Å². The Balaban J connectivity index is 1.74. The Morgan fingerprint density at radius 1 is 1.14 bits per heavy atom. The summed E-state index contributed by atoms with van der Waals surface area (Å²) in [4.78, 5) is 15.1. The van der Waals surface area contributed by atoms with Gasteiger partial charge >= 0.3 is 0 Å². The summed E-state index contributed by atoms with van der Waals surface area (Å²) in [6.45, 7) is 10.2. The molecule has 0 aromatic rings. The molecule has 1 amide bonds. The molecule has 2 saturated carbocycles. The smallest absolute Gasteiger partial charge is 0.225 e. The van der Waals surface area contributed by atoms with Crippen LogP contribution in [0.5, 0.6) is 0 Å². The van der Waals surface area contributed by atoms with Gasteiger partial charge in [-0.15, -0.1) is 0 Å². The number of hydrogen-bond acceptors (Lipinski definition) is 4. The number of fused-ring (bicyclic) bond motifs is 1. The predicted octanol–water partition coefficient (Wildman–Crippen LogP) is 2.62. The standard InChI is InChI=1S/C22H40N2O4S/c1-14-8-12-24(13-9-14)21(26)15(2)17-6-10-22(4)11-7-18(23-29(5,27)28)16(3)19(22)20(17)25/h14-20,23,25H,6-13H2,1-5H3/t15-,16+,17?,18-,19+,20-,22-/m0/s1. The van der Waals surface area contributed by atoms with E-state index in [0.717, 1.165) is 51.6 Å². The number of aliphatic hydroxyl groups is 1.